The first-order valence-electron chi connectivity index (χ1n) is 8.88. The van der Waals surface area contributed by atoms with Gasteiger partial charge in [-0.15, -0.1) is 0 Å². The average molecular weight is 366 g/mol. The molecule has 138 valence electrons. The summed E-state index contributed by atoms with van der Waals surface area (Å²) < 4.78 is 19.0. The fraction of sp³-hybridized carbons (Fsp3) is 0.238. The van der Waals surface area contributed by atoms with E-state index in [1.165, 1.54) is 18.2 Å². The van der Waals surface area contributed by atoms with Crippen LogP contribution in [-0.4, -0.2) is 54.4 Å². The van der Waals surface area contributed by atoms with Crippen LogP contribution in [0.3, 0.4) is 0 Å². The van der Waals surface area contributed by atoms with Crippen molar-refractivity contribution in [1.82, 2.24) is 9.80 Å². The van der Waals surface area contributed by atoms with Crippen molar-refractivity contribution in [2.45, 2.75) is 0 Å². The minimum Gasteiger partial charge on any atom is -0.488 e. The fourth-order valence-corrected chi connectivity index (χ4v) is 3.36. The van der Waals surface area contributed by atoms with Crippen LogP contribution in [0.15, 0.2) is 54.1 Å². The standard InChI is InChI=1S/C21H19FN2O3/c22-18-6-3-5-16(13-18)20(25)23-8-10-24(11-9-23)21(26)17-12-15-4-1-2-7-19(15)27-14-17/h1-7,12-13H,8-11,14H2. The van der Waals surface area contributed by atoms with Crippen LogP contribution in [0.1, 0.15) is 15.9 Å². The Labute approximate surface area is 156 Å². The van der Waals surface area contributed by atoms with Gasteiger partial charge in [-0.25, -0.2) is 4.39 Å². The second kappa shape index (κ2) is 7.23. The molecule has 0 radical (unpaired) electrons. The molecule has 6 heteroatoms. The van der Waals surface area contributed by atoms with Gasteiger partial charge in [0.25, 0.3) is 11.8 Å². The third-order valence-electron chi connectivity index (χ3n) is 4.83. The van der Waals surface area contributed by atoms with Gasteiger partial charge in [0.1, 0.15) is 18.2 Å². The molecule has 1 fully saturated rings. The highest BCUT2D eigenvalue weighted by molar-refractivity contribution is 5.99. The number of carbonyl (C=O) groups excluding carboxylic acids is 2. The molecule has 1 saturated heterocycles. The van der Waals surface area contributed by atoms with Gasteiger partial charge in [-0.3, -0.25) is 9.59 Å². The molecule has 2 heterocycles. The van der Waals surface area contributed by atoms with Gasteiger partial charge in [0.15, 0.2) is 0 Å². The first-order valence-corrected chi connectivity index (χ1v) is 8.88. The van der Waals surface area contributed by atoms with Gasteiger partial charge in [-0.05, 0) is 30.3 Å². The molecule has 5 nitrogen and oxygen atoms in total. The van der Waals surface area contributed by atoms with Crippen LogP contribution in [0.5, 0.6) is 5.75 Å². The van der Waals surface area contributed by atoms with Crippen LogP contribution in [0.25, 0.3) is 6.08 Å². The molecule has 0 atom stereocenters. The van der Waals surface area contributed by atoms with Crippen LogP contribution in [0.2, 0.25) is 0 Å². The number of nitrogens with zero attached hydrogens (tertiary/aromatic N) is 2. The maximum Gasteiger partial charge on any atom is 0.254 e. The van der Waals surface area contributed by atoms with E-state index in [9.17, 15) is 14.0 Å². The van der Waals surface area contributed by atoms with E-state index in [0.29, 0.717) is 37.3 Å². The maximum absolute atomic E-state index is 13.3. The molecule has 0 aliphatic carbocycles. The summed E-state index contributed by atoms with van der Waals surface area (Å²) in [4.78, 5) is 28.7. The summed E-state index contributed by atoms with van der Waals surface area (Å²) in [6.45, 7) is 1.98. The Morgan fingerprint density at radius 1 is 0.889 bits per heavy atom. The highest BCUT2D eigenvalue weighted by atomic mass is 19.1. The molecule has 4 rings (SSSR count). The summed E-state index contributed by atoms with van der Waals surface area (Å²) in [5.41, 5.74) is 1.83. The number of piperazine rings is 1. The Hall–Kier alpha value is -3.15. The number of ether oxygens (including phenoxy) is 1. The van der Waals surface area contributed by atoms with Crippen LogP contribution in [0.4, 0.5) is 4.39 Å². The Bertz CT molecular complexity index is 917. The minimum atomic E-state index is -0.431. The molecule has 2 aliphatic heterocycles. The van der Waals surface area contributed by atoms with Crippen molar-refractivity contribution in [3.05, 3.63) is 71.0 Å². The zero-order valence-corrected chi connectivity index (χ0v) is 14.7. The lowest BCUT2D eigenvalue weighted by atomic mass is 10.1. The van der Waals surface area contributed by atoms with Crippen LogP contribution < -0.4 is 4.74 Å². The molecule has 0 spiro atoms. The van der Waals surface area contributed by atoms with Crippen molar-refractivity contribution < 1.29 is 18.7 Å². The quantitative estimate of drug-likeness (QED) is 0.821. The number of benzene rings is 2. The van der Waals surface area contributed by atoms with Crippen LogP contribution in [0, 0.1) is 5.82 Å². The number of amides is 2. The second-order valence-electron chi connectivity index (χ2n) is 6.59. The van der Waals surface area contributed by atoms with Gasteiger partial charge in [0, 0.05) is 37.3 Å². The zero-order valence-electron chi connectivity index (χ0n) is 14.7. The second-order valence-corrected chi connectivity index (χ2v) is 6.59. The van der Waals surface area contributed by atoms with Crippen molar-refractivity contribution in [3.8, 4) is 5.75 Å². The SMILES string of the molecule is O=C(C1=Cc2ccccc2OC1)N1CCN(C(=O)c2cccc(F)c2)CC1. The molecule has 2 amide bonds. The van der Waals surface area contributed by atoms with Gasteiger partial charge in [0.05, 0.1) is 5.57 Å². The van der Waals surface area contributed by atoms with Crippen molar-refractivity contribution in [2.24, 2.45) is 0 Å². The molecule has 2 aromatic carbocycles. The van der Waals surface area contributed by atoms with E-state index in [1.54, 1.807) is 15.9 Å². The zero-order chi connectivity index (χ0) is 18.8. The number of hydrogen-bond donors (Lipinski definition) is 0. The highest BCUT2D eigenvalue weighted by Gasteiger charge is 2.28. The van der Waals surface area contributed by atoms with Gasteiger partial charge in [-0.1, -0.05) is 24.3 Å². The van der Waals surface area contributed by atoms with E-state index in [-0.39, 0.29) is 18.4 Å². The number of carbonyl (C=O) groups is 2. The van der Waals surface area contributed by atoms with E-state index in [2.05, 4.69) is 0 Å². The molecule has 0 bridgehead atoms. The fourth-order valence-electron chi connectivity index (χ4n) is 3.36. The molecule has 0 unspecified atom stereocenters. The smallest absolute Gasteiger partial charge is 0.254 e. The van der Waals surface area contributed by atoms with Gasteiger partial charge >= 0.3 is 0 Å². The average Bonchev–Trinajstić information content (AvgIpc) is 2.72. The molecular formula is C21H19FN2O3. The third-order valence-corrected chi connectivity index (χ3v) is 4.83. The topological polar surface area (TPSA) is 49.9 Å². The lowest BCUT2D eigenvalue weighted by molar-refractivity contribution is -0.128. The maximum atomic E-state index is 13.3. The summed E-state index contributed by atoms with van der Waals surface area (Å²) in [5.74, 6) is 0.0665. The lowest BCUT2D eigenvalue weighted by Gasteiger charge is -2.35. The molecule has 0 N–H and O–H groups in total. The van der Waals surface area contributed by atoms with E-state index in [1.807, 2.05) is 30.3 Å². The summed E-state index contributed by atoms with van der Waals surface area (Å²) in [6, 6.07) is 13.3. The number of fused-ring (bicyclic) bond motifs is 1. The first-order chi connectivity index (χ1) is 13.1. The number of para-hydroxylation sites is 1. The van der Waals surface area contributed by atoms with Crippen molar-refractivity contribution in [2.75, 3.05) is 32.8 Å². The Balaban J connectivity index is 1.40. The summed E-state index contributed by atoms with van der Waals surface area (Å²) >= 11 is 0. The minimum absolute atomic E-state index is 0.0673. The van der Waals surface area contributed by atoms with Crippen LogP contribution >= 0.6 is 0 Å². The largest absolute Gasteiger partial charge is 0.488 e. The van der Waals surface area contributed by atoms with E-state index >= 15 is 0 Å². The predicted molar refractivity (Wildman–Crippen MR) is 98.8 cm³/mol. The van der Waals surface area contributed by atoms with Gasteiger partial charge < -0.3 is 14.5 Å². The number of rotatable bonds is 2. The molecule has 2 aliphatic rings. The molecule has 0 saturated carbocycles. The Morgan fingerprint density at radius 2 is 1.59 bits per heavy atom. The number of hydrogen-bond acceptors (Lipinski definition) is 3. The Kier molecular flexibility index (Phi) is 4.62. The van der Waals surface area contributed by atoms with Gasteiger partial charge in [-0.2, -0.15) is 0 Å². The molecule has 2 aromatic rings. The normalized spacial score (nSPS) is 16.3. The van der Waals surface area contributed by atoms with Gasteiger partial charge in [0.2, 0.25) is 0 Å². The molecule has 0 aromatic heterocycles. The Morgan fingerprint density at radius 3 is 2.33 bits per heavy atom. The van der Waals surface area contributed by atoms with Crippen molar-refractivity contribution in [1.29, 1.82) is 0 Å². The third kappa shape index (κ3) is 3.56. The summed E-state index contributed by atoms with van der Waals surface area (Å²) in [5, 5.41) is 0. The van der Waals surface area contributed by atoms with Crippen molar-refractivity contribution >= 4 is 17.9 Å². The summed E-state index contributed by atoms with van der Waals surface area (Å²) in [6.07, 6.45) is 1.87. The highest BCUT2D eigenvalue weighted by Crippen LogP contribution is 2.26. The molecular weight excluding hydrogens is 347 g/mol. The lowest BCUT2D eigenvalue weighted by Crippen LogP contribution is -2.51. The monoisotopic (exact) mass is 366 g/mol. The molecule has 27 heavy (non-hydrogen) atoms. The number of halogens is 1. The van der Waals surface area contributed by atoms with E-state index in [4.69, 9.17) is 4.74 Å². The van der Waals surface area contributed by atoms with E-state index in [0.717, 1.165) is 11.3 Å². The van der Waals surface area contributed by atoms with Crippen LogP contribution in [-0.2, 0) is 4.79 Å². The predicted octanol–water partition coefficient (Wildman–Crippen LogP) is 2.59. The first kappa shape index (κ1) is 17.3. The van der Waals surface area contributed by atoms with Crippen molar-refractivity contribution in [3.63, 3.8) is 0 Å². The summed E-state index contributed by atoms with van der Waals surface area (Å²) in [7, 11) is 0. The van der Waals surface area contributed by atoms with E-state index < -0.39 is 5.82 Å².